The van der Waals surface area contributed by atoms with Gasteiger partial charge in [0.2, 0.25) is 0 Å². The molecular formula is C10H16Cl3N3S. The first-order chi connectivity index (χ1) is 7.17. The van der Waals surface area contributed by atoms with Crippen LogP contribution in [-0.4, -0.2) is 10.9 Å². The van der Waals surface area contributed by atoms with Crippen molar-refractivity contribution in [2.24, 2.45) is 16.5 Å². The molecule has 0 bridgehead atoms. The van der Waals surface area contributed by atoms with E-state index < -0.39 is 0 Å². The molecule has 0 radical (unpaired) electrons. The third kappa shape index (κ3) is 6.38. The summed E-state index contributed by atoms with van der Waals surface area (Å²) < 4.78 is 0. The summed E-state index contributed by atoms with van der Waals surface area (Å²) in [6.45, 7) is 2.43. The van der Waals surface area contributed by atoms with Crippen molar-refractivity contribution in [1.29, 1.82) is 0 Å². The van der Waals surface area contributed by atoms with Crippen LogP contribution in [0.1, 0.15) is 12.5 Å². The summed E-state index contributed by atoms with van der Waals surface area (Å²) in [7, 11) is 0. The Kier molecular flexibility index (Phi) is 11.1. The normalized spacial score (nSPS) is 10.4. The van der Waals surface area contributed by atoms with Crippen molar-refractivity contribution in [2.75, 3.05) is 5.75 Å². The minimum absolute atomic E-state index is 0. The van der Waals surface area contributed by atoms with Crippen LogP contribution in [0, 0.1) is 0 Å². The lowest BCUT2D eigenvalue weighted by Crippen LogP contribution is -2.05. The standard InChI is InChI=1S/C10H14ClN3S.2ClH/c1-2-15-10(13)14-8-3-4-9(11)7(5-8)6-12;;/h3-5H,2,6,12H2,1H3,(H2,13,14);2*1H. The zero-order valence-corrected chi connectivity index (χ0v) is 12.6. The number of nitrogens with zero attached hydrogens (tertiary/aromatic N) is 1. The highest BCUT2D eigenvalue weighted by molar-refractivity contribution is 8.13. The summed E-state index contributed by atoms with van der Waals surface area (Å²) in [6.07, 6.45) is 0. The molecule has 0 aliphatic heterocycles. The van der Waals surface area contributed by atoms with Gasteiger partial charge in [-0.2, -0.15) is 0 Å². The SMILES string of the molecule is CCSC(N)=Nc1ccc(Cl)c(CN)c1.Cl.Cl. The van der Waals surface area contributed by atoms with E-state index in [2.05, 4.69) is 4.99 Å². The summed E-state index contributed by atoms with van der Waals surface area (Å²) in [5.74, 6) is 0.909. The third-order valence-electron chi connectivity index (χ3n) is 1.78. The van der Waals surface area contributed by atoms with Crippen LogP contribution < -0.4 is 11.5 Å². The molecule has 3 nitrogen and oxygen atoms in total. The zero-order valence-electron chi connectivity index (χ0n) is 9.35. The largest absolute Gasteiger partial charge is 0.378 e. The molecule has 98 valence electrons. The van der Waals surface area contributed by atoms with Gasteiger partial charge in [0.1, 0.15) is 0 Å². The fourth-order valence-electron chi connectivity index (χ4n) is 1.09. The van der Waals surface area contributed by atoms with Crippen molar-refractivity contribution in [3.63, 3.8) is 0 Å². The summed E-state index contributed by atoms with van der Waals surface area (Å²) in [5, 5.41) is 1.22. The molecular weight excluding hydrogens is 301 g/mol. The van der Waals surface area contributed by atoms with Crippen LogP contribution in [0.15, 0.2) is 23.2 Å². The number of nitrogens with two attached hydrogens (primary N) is 2. The van der Waals surface area contributed by atoms with Crippen LogP contribution >= 0.6 is 48.2 Å². The van der Waals surface area contributed by atoms with Crippen molar-refractivity contribution in [1.82, 2.24) is 0 Å². The van der Waals surface area contributed by atoms with E-state index in [1.54, 1.807) is 6.07 Å². The van der Waals surface area contributed by atoms with Gasteiger partial charge in [-0.3, -0.25) is 0 Å². The Hall–Kier alpha value is -0.130. The molecule has 0 aromatic heterocycles. The Morgan fingerprint density at radius 2 is 2.06 bits per heavy atom. The number of benzene rings is 1. The molecule has 0 saturated carbocycles. The molecule has 0 saturated heterocycles. The fourth-order valence-corrected chi connectivity index (χ4v) is 1.75. The summed E-state index contributed by atoms with van der Waals surface area (Å²) >= 11 is 7.44. The molecule has 0 atom stereocenters. The highest BCUT2D eigenvalue weighted by atomic mass is 35.5. The first kappa shape index (κ1) is 19.2. The maximum atomic E-state index is 5.93. The van der Waals surface area contributed by atoms with E-state index in [0.29, 0.717) is 16.7 Å². The molecule has 1 rings (SSSR count). The molecule has 17 heavy (non-hydrogen) atoms. The predicted molar refractivity (Wildman–Crippen MR) is 83.3 cm³/mol. The Morgan fingerprint density at radius 3 is 2.59 bits per heavy atom. The second-order valence-corrected chi connectivity index (χ2v) is 4.55. The van der Waals surface area contributed by atoms with E-state index in [9.17, 15) is 0 Å². The number of rotatable bonds is 3. The fraction of sp³-hybridized carbons (Fsp3) is 0.300. The Balaban J connectivity index is 0. The summed E-state index contributed by atoms with van der Waals surface area (Å²) in [5.41, 5.74) is 12.9. The number of thioether (sulfide) groups is 1. The van der Waals surface area contributed by atoms with Gasteiger partial charge < -0.3 is 11.5 Å². The minimum atomic E-state index is 0. The van der Waals surface area contributed by atoms with Gasteiger partial charge >= 0.3 is 0 Å². The number of hydrogen-bond acceptors (Lipinski definition) is 3. The van der Waals surface area contributed by atoms with Gasteiger partial charge in [0.15, 0.2) is 5.17 Å². The predicted octanol–water partition coefficient (Wildman–Crippen LogP) is 3.34. The zero-order chi connectivity index (χ0) is 11.3. The van der Waals surface area contributed by atoms with Gasteiger partial charge in [0.05, 0.1) is 5.69 Å². The van der Waals surface area contributed by atoms with Gasteiger partial charge in [-0.15, -0.1) is 24.8 Å². The molecule has 0 amide bonds. The molecule has 4 N–H and O–H groups in total. The van der Waals surface area contributed by atoms with Gasteiger partial charge in [0.25, 0.3) is 0 Å². The molecule has 0 unspecified atom stereocenters. The number of hydrogen-bond donors (Lipinski definition) is 2. The first-order valence-corrected chi connectivity index (χ1v) is 5.99. The van der Waals surface area contributed by atoms with Crippen molar-refractivity contribution < 1.29 is 0 Å². The smallest absolute Gasteiger partial charge is 0.159 e. The van der Waals surface area contributed by atoms with E-state index in [-0.39, 0.29) is 24.8 Å². The highest BCUT2D eigenvalue weighted by Crippen LogP contribution is 2.22. The summed E-state index contributed by atoms with van der Waals surface area (Å²) in [4.78, 5) is 4.24. The second kappa shape index (κ2) is 9.85. The van der Waals surface area contributed by atoms with Crippen LogP contribution in [-0.2, 0) is 6.54 Å². The highest BCUT2D eigenvalue weighted by Gasteiger charge is 2.00. The van der Waals surface area contributed by atoms with Crippen molar-refractivity contribution in [2.45, 2.75) is 13.5 Å². The van der Waals surface area contributed by atoms with E-state index in [1.165, 1.54) is 11.8 Å². The number of aliphatic imine (C=N–C) groups is 1. The van der Waals surface area contributed by atoms with Crippen LogP contribution in [0.5, 0.6) is 0 Å². The Morgan fingerprint density at radius 1 is 1.41 bits per heavy atom. The molecule has 0 heterocycles. The average Bonchev–Trinajstić information content (AvgIpc) is 2.21. The quantitative estimate of drug-likeness (QED) is 0.664. The van der Waals surface area contributed by atoms with Crippen LogP contribution in [0.2, 0.25) is 5.02 Å². The minimum Gasteiger partial charge on any atom is -0.378 e. The van der Waals surface area contributed by atoms with Crippen LogP contribution in [0.25, 0.3) is 0 Å². The topological polar surface area (TPSA) is 64.4 Å². The van der Waals surface area contributed by atoms with Crippen molar-refractivity contribution in [3.05, 3.63) is 28.8 Å². The molecule has 0 aliphatic carbocycles. The molecule has 0 fully saturated rings. The van der Waals surface area contributed by atoms with Crippen molar-refractivity contribution in [3.8, 4) is 0 Å². The van der Waals surface area contributed by atoms with E-state index in [1.807, 2.05) is 19.1 Å². The Bertz CT molecular complexity index is 372. The van der Waals surface area contributed by atoms with Crippen LogP contribution in [0.4, 0.5) is 5.69 Å². The molecule has 7 heteroatoms. The van der Waals surface area contributed by atoms with E-state index >= 15 is 0 Å². The van der Waals surface area contributed by atoms with Gasteiger partial charge in [-0.1, -0.05) is 30.3 Å². The monoisotopic (exact) mass is 315 g/mol. The van der Waals surface area contributed by atoms with Gasteiger partial charge in [0, 0.05) is 11.6 Å². The molecule has 1 aromatic carbocycles. The van der Waals surface area contributed by atoms with Gasteiger partial charge in [-0.05, 0) is 29.5 Å². The molecule has 1 aromatic rings. The molecule has 0 aliphatic rings. The van der Waals surface area contributed by atoms with Gasteiger partial charge in [-0.25, -0.2) is 4.99 Å². The average molecular weight is 317 g/mol. The lowest BCUT2D eigenvalue weighted by atomic mass is 10.2. The van der Waals surface area contributed by atoms with Crippen molar-refractivity contribution >= 4 is 59.0 Å². The maximum absolute atomic E-state index is 5.93. The molecule has 0 spiro atoms. The number of amidine groups is 1. The maximum Gasteiger partial charge on any atom is 0.159 e. The van der Waals surface area contributed by atoms with E-state index in [4.69, 9.17) is 23.1 Å². The van der Waals surface area contributed by atoms with Crippen LogP contribution in [0.3, 0.4) is 0 Å². The lowest BCUT2D eigenvalue weighted by molar-refractivity contribution is 1.07. The van der Waals surface area contributed by atoms with E-state index in [0.717, 1.165) is 17.0 Å². The number of halogens is 3. The second-order valence-electron chi connectivity index (χ2n) is 2.86. The Labute approximate surface area is 123 Å². The first-order valence-electron chi connectivity index (χ1n) is 4.62. The lowest BCUT2D eigenvalue weighted by Gasteiger charge is -2.03. The third-order valence-corrected chi connectivity index (χ3v) is 2.83. The summed E-state index contributed by atoms with van der Waals surface area (Å²) in [6, 6.07) is 5.46.